The van der Waals surface area contributed by atoms with Gasteiger partial charge in [-0.1, -0.05) is 256 Å². The highest BCUT2D eigenvalue weighted by atomic mass is 16.6. The summed E-state index contributed by atoms with van der Waals surface area (Å²) in [7, 11) is 0. The van der Waals surface area contributed by atoms with Gasteiger partial charge < -0.3 is 14.2 Å². The minimum Gasteiger partial charge on any atom is -0.462 e. The van der Waals surface area contributed by atoms with Crippen LogP contribution in [0.2, 0.25) is 0 Å². The summed E-state index contributed by atoms with van der Waals surface area (Å²) in [5, 5.41) is 0. The molecule has 0 aliphatic rings. The van der Waals surface area contributed by atoms with Crippen molar-refractivity contribution in [1.82, 2.24) is 0 Å². The molecule has 0 aliphatic carbocycles. The van der Waals surface area contributed by atoms with E-state index in [1.165, 1.54) is 193 Å². The van der Waals surface area contributed by atoms with Crippen molar-refractivity contribution in [2.24, 2.45) is 0 Å². The Morgan fingerprint density at radius 2 is 0.537 bits per heavy atom. The van der Waals surface area contributed by atoms with Crippen molar-refractivity contribution in [3.05, 3.63) is 36.5 Å². The van der Waals surface area contributed by atoms with E-state index < -0.39 is 6.10 Å². The lowest BCUT2D eigenvalue weighted by Crippen LogP contribution is -2.30. The van der Waals surface area contributed by atoms with E-state index in [-0.39, 0.29) is 31.1 Å². The fourth-order valence-electron chi connectivity index (χ4n) is 8.65. The number of rotatable bonds is 54. The molecule has 0 saturated heterocycles. The van der Waals surface area contributed by atoms with E-state index in [1.807, 2.05) is 0 Å². The second kappa shape index (κ2) is 56.2. The van der Waals surface area contributed by atoms with E-state index in [0.717, 1.165) is 83.5 Å². The molecule has 0 N–H and O–H groups in total. The van der Waals surface area contributed by atoms with E-state index >= 15 is 0 Å². The van der Waals surface area contributed by atoms with Gasteiger partial charge in [0.15, 0.2) is 6.10 Å². The molecule has 0 amide bonds. The molecule has 0 saturated carbocycles. The topological polar surface area (TPSA) is 78.9 Å². The van der Waals surface area contributed by atoms with Gasteiger partial charge in [-0.3, -0.25) is 14.4 Å². The van der Waals surface area contributed by atoms with Crippen molar-refractivity contribution in [1.29, 1.82) is 0 Å². The highest BCUT2D eigenvalue weighted by Gasteiger charge is 2.19. The van der Waals surface area contributed by atoms with Crippen LogP contribution in [0.3, 0.4) is 0 Å². The van der Waals surface area contributed by atoms with Gasteiger partial charge in [0.2, 0.25) is 0 Å². The van der Waals surface area contributed by atoms with Gasteiger partial charge in [-0.2, -0.15) is 0 Å². The van der Waals surface area contributed by atoms with Gasteiger partial charge >= 0.3 is 17.9 Å². The van der Waals surface area contributed by atoms with Crippen LogP contribution in [0.5, 0.6) is 0 Å². The third-order valence-electron chi connectivity index (χ3n) is 13.1. The summed E-state index contributed by atoms with van der Waals surface area (Å²) in [5.41, 5.74) is 0. The standard InChI is InChI=1S/C61H112O6/c1-4-7-10-13-16-19-22-25-28-31-34-36-39-42-45-48-51-54-60(63)66-57-58(67-61(64)55-52-49-46-43-40-37-33-30-27-24-21-18-15-12-9-6-3)56-65-59(62)53-50-47-44-41-38-35-32-29-26-23-20-17-14-11-8-5-2/h21,24-25,28,30,33,58H,4-20,22-23,26-27,29,31-32,34-57H2,1-3H3/b24-21-,28-25-,33-30-. The second-order valence-corrected chi connectivity index (χ2v) is 19.9. The molecule has 0 spiro atoms. The second-order valence-electron chi connectivity index (χ2n) is 19.9. The van der Waals surface area contributed by atoms with Crippen LogP contribution < -0.4 is 0 Å². The Bertz CT molecular complexity index is 1130. The molecule has 6 nitrogen and oxygen atoms in total. The first kappa shape index (κ1) is 64.6. The lowest BCUT2D eigenvalue weighted by molar-refractivity contribution is -0.167. The van der Waals surface area contributed by atoms with Gasteiger partial charge in [0.25, 0.3) is 0 Å². The van der Waals surface area contributed by atoms with Gasteiger partial charge in [-0.05, 0) is 77.0 Å². The molecule has 392 valence electrons. The summed E-state index contributed by atoms with van der Waals surface area (Å²) < 4.78 is 16.9. The fourth-order valence-corrected chi connectivity index (χ4v) is 8.65. The normalized spacial score (nSPS) is 12.2. The largest absolute Gasteiger partial charge is 0.462 e. The molecular formula is C61H112O6. The predicted octanol–water partition coefficient (Wildman–Crippen LogP) is 19.7. The van der Waals surface area contributed by atoms with E-state index in [9.17, 15) is 14.4 Å². The Hall–Kier alpha value is -2.37. The Balaban J connectivity index is 4.37. The molecule has 0 aromatic carbocycles. The Morgan fingerprint density at radius 1 is 0.299 bits per heavy atom. The molecule has 0 radical (unpaired) electrons. The van der Waals surface area contributed by atoms with Crippen molar-refractivity contribution < 1.29 is 28.6 Å². The van der Waals surface area contributed by atoms with Crippen LogP contribution in [0, 0.1) is 0 Å². The van der Waals surface area contributed by atoms with Gasteiger partial charge in [0.05, 0.1) is 0 Å². The first-order chi connectivity index (χ1) is 33.0. The summed E-state index contributed by atoms with van der Waals surface area (Å²) in [5.74, 6) is -0.875. The quantitative estimate of drug-likeness (QED) is 0.0262. The number of allylic oxidation sites excluding steroid dienone is 6. The van der Waals surface area contributed by atoms with Crippen LogP contribution in [0.15, 0.2) is 36.5 Å². The molecule has 1 unspecified atom stereocenters. The summed E-state index contributed by atoms with van der Waals surface area (Å²) in [4.78, 5) is 38.2. The molecule has 0 bridgehead atoms. The number of esters is 3. The number of unbranched alkanes of at least 4 members (excludes halogenated alkanes) is 37. The summed E-state index contributed by atoms with van der Waals surface area (Å²) in [6.07, 6.45) is 67.0. The van der Waals surface area contributed by atoms with Crippen LogP contribution in [0.25, 0.3) is 0 Å². The van der Waals surface area contributed by atoms with E-state index in [1.54, 1.807) is 0 Å². The lowest BCUT2D eigenvalue weighted by Gasteiger charge is -2.18. The third-order valence-corrected chi connectivity index (χ3v) is 13.1. The maximum Gasteiger partial charge on any atom is 0.306 e. The number of ether oxygens (including phenoxy) is 3. The fraction of sp³-hybridized carbons (Fsp3) is 0.852. The number of carbonyl (C=O) groups is 3. The highest BCUT2D eigenvalue weighted by molar-refractivity contribution is 5.71. The first-order valence-corrected chi connectivity index (χ1v) is 29.5. The zero-order chi connectivity index (χ0) is 48.6. The van der Waals surface area contributed by atoms with Gasteiger partial charge in [0, 0.05) is 19.3 Å². The molecule has 6 heteroatoms. The average molecular weight is 942 g/mol. The van der Waals surface area contributed by atoms with Crippen molar-refractivity contribution >= 4 is 17.9 Å². The third kappa shape index (κ3) is 54.4. The highest BCUT2D eigenvalue weighted by Crippen LogP contribution is 2.16. The van der Waals surface area contributed by atoms with Crippen LogP contribution in [-0.2, 0) is 28.6 Å². The van der Waals surface area contributed by atoms with Crippen molar-refractivity contribution in [2.75, 3.05) is 13.2 Å². The molecule has 1 atom stereocenters. The van der Waals surface area contributed by atoms with Crippen LogP contribution >= 0.6 is 0 Å². The molecule has 0 aromatic heterocycles. The molecule has 67 heavy (non-hydrogen) atoms. The minimum absolute atomic E-state index is 0.0755. The predicted molar refractivity (Wildman–Crippen MR) is 289 cm³/mol. The zero-order valence-corrected chi connectivity index (χ0v) is 44.9. The van der Waals surface area contributed by atoms with Gasteiger partial charge in [-0.25, -0.2) is 0 Å². The maximum atomic E-state index is 12.9. The van der Waals surface area contributed by atoms with Gasteiger partial charge in [-0.15, -0.1) is 0 Å². The summed E-state index contributed by atoms with van der Waals surface area (Å²) >= 11 is 0. The molecule has 0 heterocycles. The SMILES string of the molecule is CCCCCC/C=C\C/C=C\CCCCCCCC(=O)OC(COC(=O)CCCCCCCCC/C=C\CCCCCCCC)COC(=O)CCCCCCCCCCCCCCCCCC. The van der Waals surface area contributed by atoms with Gasteiger partial charge in [0.1, 0.15) is 13.2 Å². The summed E-state index contributed by atoms with van der Waals surface area (Å²) in [6.45, 7) is 6.65. The van der Waals surface area contributed by atoms with Crippen LogP contribution in [0.4, 0.5) is 0 Å². The van der Waals surface area contributed by atoms with E-state index in [0.29, 0.717) is 19.3 Å². The molecular weight excluding hydrogens is 829 g/mol. The van der Waals surface area contributed by atoms with Crippen molar-refractivity contribution in [2.45, 2.75) is 322 Å². The first-order valence-electron chi connectivity index (χ1n) is 29.5. The Labute approximate surface area is 416 Å². The van der Waals surface area contributed by atoms with Crippen molar-refractivity contribution in [3.8, 4) is 0 Å². The number of hydrogen-bond acceptors (Lipinski definition) is 6. The number of hydrogen-bond donors (Lipinski definition) is 0. The Kier molecular flexibility index (Phi) is 54.2. The monoisotopic (exact) mass is 941 g/mol. The number of carbonyl (C=O) groups excluding carboxylic acids is 3. The zero-order valence-electron chi connectivity index (χ0n) is 44.9. The summed E-state index contributed by atoms with van der Waals surface area (Å²) in [6, 6.07) is 0. The lowest BCUT2D eigenvalue weighted by atomic mass is 10.0. The van der Waals surface area contributed by atoms with E-state index in [4.69, 9.17) is 14.2 Å². The average Bonchev–Trinajstić information content (AvgIpc) is 3.33. The molecule has 0 aliphatic heterocycles. The van der Waals surface area contributed by atoms with E-state index in [2.05, 4.69) is 57.2 Å². The van der Waals surface area contributed by atoms with Crippen molar-refractivity contribution in [3.63, 3.8) is 0 Å². The van der Waals surface area contributed by atoms with Crippen LogP contribution in [0.1, 0.15) is 316 Å². The molecule has 0 fully saturated rings. The maximum absolute atomic E-state index is 12.9. The van der Waals surface area contributed by atoms with Crippen LogP contribution in [-0.4, -0.2) is 37.2 Å². The Morgan fingerprint density at radius 3 is 0.851 bits per heavy atom. The molecule has 0 rings (SSSR count). The minimum atomic E-state index is -0.778. The smallest absolute Gasteiger partial charge is 0.306 e. The molecule has 0 aromatic rings.